The first-order chi connectivity index (χ1) is 22.0. The quantitative estimate of drug-likeness (QED) is 0.126. The Bertz CT molecular complexity index is 1690. The van der Waals surface area contributed by atoms with Gasteiger partial charge in [0.25, 0.3) is 0 Å². The predicted molar refractivity (Wildman–Crippen MR) is 163 cm³/mol. The van der Waals surface area contributed by atoms with Crippen LogP contribution in [0.2, 0.25) is 0 Å². The number of anilines is 1. The van der Waals surface area contributed by atoms with E-state index >= 15 is 0 Å². The summed E-state index contributed by atoms with van der Waals surface area (Å²) < 4.78 is 44.6. The number of esters is 1. The molecule has 1 saturated heterocycles. The zero-order chi connectivity index (χ0) is 32.7. The fourth-order valence-corrected chi connectivity index (χ4v) is 7.64. The minimum Gasteiger partial charge on any atom is -0.476 e. The Balaban J connectivity index is 1.25. The number of para-hydroxylation sites is 1. The van der Waals surface area contributed by atoms with Gasteiger partial charge >= 0.3 is 13.7 Å². The highest BCUT2D eigenvalue weighted by Crippen LogP contribution is 2.68. The summed E-state index contributed by atoms with van der Waals surface area (Å²) in [6.45, 7) is 3.00. The van der Waals surface area contributed by atoms with E-state index in [0.717, 1.165) is 32.1 Å². The number of nitrogen functional groups attached to an aromatic ring is 1. The molecule has 1 aliphatic heterocycles. The molecule has 16 heteroatoms. The molecular weight excluding hydrogens is 619 g/mol. The van der Waals surface area contributed by atoms with Gasteiger partial charge in [-0.25, -0.2) is 9.55 Å². The molecule has 2 aromatic heterocycles. The normalized spacial score (nSPS) is 29.3. The van der Waals surface area contributed by atoms with Gasteiger partial charge in [-0.1, -0.05) is 30.5 Å². The van der Waals surface area contributed by atoms with E-state index in [1.165, 1.54) is 17.8 Å². The Labute approximate surface area is 265 Å². The highest BCUT2D eigenvalue weighted by molar-refractivity contribution is 7.52. The van der Waals surface area contributed by atoms with Crippen LogP contribution < -0.4 is 20.1 Å². The Morgan fingerprint density at radius 3 is 2.70 bits per heavy atom. The number of aromatic nitrogens is 4. The average Bonchev–Trinajstić information content (AvgIpc) is 3.33. The molecule has 15 nitrogen and oxygen atoms in total. The number of hydrogen-bond donors (Lipinski definition) is 4. The van der Waals surface area contributed by atoms with Crippen molar-refractivity contribution < 1.29 is 42.8 Å². The van der Waals surface area contributed by atoms with Crippen molar-refractivity contribution >= 4 is 30.8 Å². The van der Waals surface area contributed by atoms with Gasteiger partial charge in [-0.3, -0.25) is 13.9 Å². The number of carbonyl (C=O) groups excluding carboxylic acids is 1. The van der Waals surface area contributed by atoms with Gasteiger partial charge in [0.05, 0.1) is 19.5 Å². The third-order valence-corrected chi connectivity index (χ3v) is 10.3. The van der Waals surface area contributed by atoms with Crippen molar-refractivity contribution in [3.05, 3.63) is 36.7 Å². The molecule has 0 amide bonds. The van der Waals surface area contributed by atoms with Crippen LogP contribution in [0.25, 0.3) is 11.2 Å². The molecule has 6 rings (SSSR count). The zero-order valence-electron chi connectivity index (χ0n) is 25.5. The summed E-state index contributed by atoms with van der Waals surface area (Å²) in [6, 6.07) is 7.18. The van der Waals surface area contributed by atoms with Crippen molar-refractivity contribution in [2.24, 2.45) is 0 Å². The Kier molecular flexibility index (Phi) is 8.47. The van der Waals surface area contributed by atoms with Crippen LogP contribution in [0.4, 0.5) is 5.95 Å². The molecule has 3 aliphatic rings. The lowest BCUT2D eigenvalue weighted by Gasteiger charge is -2.30. The van der Waals surface area contributed by atoms with Crippen molar-refractivity contribution in [3.63, 3.8) is 0 Å². The lowest BCUT2D eigenvalue weighted by atomic mass is 9.93. The molecule has 2 saturated carbocycles. The van der Waals surface area contributed by atoms with Crippen LogP contribution in [0.5, 0.6) is 11.6 Å². The molecule has 0 spiro atoms. The lowest BCUT2D eigenvalue weighted by Crippen LogP contribution is -2.48. The summed E-state index contributed by atoms with van der Waals surface area (Å²) in [7, 11) is -4.34. The van der Waals surface area contributed by atoms with Crippen LogP contribution in [0.3, 0.4) is 0 Å². The summed E-state index contributed by atoms with van der Waals surface area (Å²) in [4.78, 5) is 25.5. The molecule has 6 atom stereocenters. The largest absolute Gasteiger partial charge is 0.476 e. The number of nitrogens with one attached hydrogen (secondary N) is 1. The van der Waals surface area contributed by atoms with Crippen LogP contribution in [0.1, 0.15) is 58.6 Å². The molecule has 246 valence electrons. The van der Waals surface area contributed by atoms with E-state index in [2.05, 4.69) is 26.0 Å². The zero-order valence-corrected chi connectivity index (χ0v) is 26.4. The van der Waals surface area contributed by atoms with Gasteiger partial charge in [0.15, 0.2) is 17.4 Å². The highest BCUT2D eigenvalue weighted by Gasteiger charge is 2.86. The third kappa shape index (κ3) is 5.59. The number of benzene rings is 1. The van der Waals surface area contributed by atoms with Crippen LogP contribution in [-0.2, 0) is 23.4 Å². The molecule has 0 radical (unpaired) electrons. The maximum Gasteiger partial charge on any atom is 0.459 e. The molecule has 3 aromatic rings. The molecular formula is C30H37N6O9P. The standard InChI is InChI=1S/C30H37N6O9P/c1-4-29(38)26(36-18-32-22-23(36)33-27(31)34-24(22)41-5-2)44-28(16-30(28,29)39)17-42-46(40,45-21-14-10-7-11-15-21)35-19(3)25(37)43-20-12-8-6-9-13-20/h1,7,10-11,14-15,18-20,26,38-39H,5-6,8-9,12-13,16-17H2,2-3H3,(H,35,40)(H2,31,33,34)/t19?,26-,28-,29+,30-,46-/m1/s1. The number of carbonyl (C=O) groups is 1. The number of imidazole rings is 1. The minimum absolute atomic E-state index is 0.120. The summed E-state index contributed by atoms with van der Waals surface area (Å²) in [5.74, 6) is 1.86. The van der Waals surface area contributed by atoms with E-state index in [1.807, 2.05) is 0 Å². The van der Waals surface area contributed by atoms with Crippen LogP contribution >= 0.6 is 7.75 Å². The molecule has 2 aliphatic carbocycles. The maximum absolute atomic E-state index is 14.2. The van der Waals surface area contributed by atoms with Gasteiger partial charge in [-0.2, -0.15) is 15.1 Å². The topological polar surface area (TPSA) is 202 Å². The van der Waals surface area contributed by atoms with E-state index in [9.17, 15) is 19.6 Å². The second-order valence-corrected chi connectivity index (χ2v) is 13.5. The Morgan fingerprint density at radius 2 is 2.00 bits per heavy atom. The molecule has 3 fully saturated rings. The van der Waals surface area contributed by atoms with Gasteiger partial charge in [0.2, 0.25) is 17.4 Å². The number of hydrogen-bond acceptors (Lipinski definition) is 13. The van der Waals surface area contributed by atoms with Crippen molar-refractivity contribution in [1.82, 2.24) is 24.6 Å². The number of terminal acetylenes is 1. The maximum atomic E-state index is 14.2. The number of nitrogens with zero attached hydrogens (tertiary/aromatic N) is 4. The summed E-state index contributed by atoms with van der Waals surface area (Å²) in [5.41, 5.74) is 0.319. The first-order valence-electron chi connectivity index (χ1n) is 15.2. The van der Waals surface area contributed by atoms with Gasteiger partial charge in [0, 0.05) is 6.42 Å². The van der Waals surface area contributed by atoms with E-state index in [4.69, 9.17) is 35.4 Å². The summed E-state index contributed by atoms with van der Waals surface area (Å²) in [6.07, 6.45) is 9.88. The van der Waals surface area contributed by atoms with E-state index in [1.54, 1.807) is 37.3 Å². The highest BCUT2D eigenvalue weighted by atomic mass is 31.2. The number of fused-ring (bicyclic) bond motifs is 2. The van der Waals surface area contributed by atoms with E-state index in [-0.39, 0.29) is 47.9 Å². The minimum atomic E-state index is -4.34. The van der Waals surface area contributed by atoms with Crippen molar-refractivity contribution in [2.45, 2.75) is 87.5 Å². The fraction of sp³-hybridized carbons (Fsp3) is 0.533. The van der Waals surface area contributed by atoms with Gasteiger partial charge < -0.3 is 34.7 Å². The van der Waals surface area contributed by atoms with Crippen LogP contribution in [0.15, 0.2) is 36.7 Å². The number of aliphatic hydroxyl groups is 2. The van der Waals surface area contributed by atoms with Gasteiger partial charge in [-0.05, 0) is 51.7 Å². The second kappa shape index (κ2) is 12.1. The second-order valence-electron chi connectivity index (χ2n) is 11.8. The Morgan fingerprint density at radius 1 is 1.26 bits per heavy atom. The SMILES string of the molecule is C#C[C@]1(O)[C@H](n2cnc3c(OCC)nc(N)nc32)O[C@@]2(CO[P@](=O)(NC(C)C(=O)OC3CCCCC3)Oc3ccccc3)C[C@@]21O. The Hall–Kier alpha value is -3.77. The number of nitrogens with two attached hydrogens (primary N) is 1. The predicted octanol–water partition coefficient (Wildman–Crippen LogP) is 2.63. The number of ether oxygens (including phenoxy) is 3. The van der Waals surface area contributed by atoms with Crippen LogP contribution in [0, 0.1) is 12.3 Å². The van der Waals surface area contributed by atoms with Gasteiger partial charge in [-0.15, -0.1) is 6.42 Å². The van der Waals surface area contributed by atoms with Crippen molar-refractivity contribution in [1.29, 1.82) is 0 Å². The molecule has 1 unspecified atom stereocenters. The third-order valence-electron chi connectivity index (χ3n) is 8.63. The molecule has 46 heavy (non-hydrogen) atoms. The first kappa shape index (κ1) is 32.2. The van der Waals surface area contributed by atoms with Gasteiger partial charge in [0.1, 0.15) is 29.1 Å². The summed E-state index contributed by atoms with van der Waals surface area (Å²) in [5, 5.41) is 26.0. The average molecular weight is 657 g/mol. The molecule has 3 heterocycles. The van der Waals surface area contributed by atoms with Crippen molar-refractivity contribution in [3.8, 4) is 24.0 Å². The van der Waals surface area contributed by atoms with Crippen molar-refractivity contribution in [2.75, 3.05) is 18.9 Å². The molecule has 1 aromatic carbocycles. The van der Waals surface area contributed by atoms with Crippen LogP contribution in [-0.4, -0.2) is 77.9 Å². The number of rotatable bonds is 12. The van der Waals surface area contributed by atoms with E-state index < -0.39 is 49.4 Å². The molecule has 5 N–H and O–H groups in total. The lowest BCUT2D eigenvalue weighted by molar-refractivity contribution is -0.152. The van der Waals surface area contributed by atoms with E-state index in [0.29, 0.717) is 0 Å². The fourth-order valence-electron chi connectivity index (χ4n) is 6.10. The summed E-state index contributed by atoms with van der Waals surface area (Å²) >= 11 is 0. The smallest absolute Gasteiger partial charge is 0.459 e. The monoisotopic (exact) mass is 656 g/mol. The molecule has 0 bridgehead atoms. The first-order valence-corrected chi connectivity index (χ1v) is 16.7.